The van der Waals surface area contributed by atoms with Crippen LogP contribution in [0.4, 0.5) is 0 Å². The van der Waals surface area contributed by atoms with E-state index in [2.05, 4.69) is 11.8 Å². The van der Waals surface area contributed by atoms with Crippen molar-refractivity contribution >= 4 is 0 Å². The fraction of sp³-hybridized carbons (Fsp3) is 0.500. The van der Waals surface area contributed by atoms with Crippen molar-refractivity contribution in [2.45, 2.75) is 25.8 Å². The van der Waals surface area contributed by atoms with Gasteiger partial charge in [-0.2, -0.15) is 0 Å². The number of hydrogen-bond donors (Lipinski definition) is 1. The summed E-state index contributed by atoms with van der Waals surface area (Å²) in [5.41, 5.74) is 1.05. The molecule has 0 radical (unpaired) electrons. The zero-order valence-corrected chi connectivity index (χ0v) is 8.61. The average molecular weight is 191 g/mol. The monoisotopic (exact) mass is 191 g/mol. The molecule has 1 aliphatic heterocycles. The summed E-state index contributed by atoms with van der Waals surface area (Å²) >= 11 is 0. The summed E-state index contributed by atoms with van der Waals surface area (Å²) in [6, 6.07) is 7.98. The van der Waals surface area contributed by atoms with Crippen LogP contribution in [0.15, 0.2) is 24.3 Å². The number of para-hydroxylation sites is 1. The molecule has 0 bridgehead atoms. The molecular formula is C12H17NO. The second-order valence-corrected chi connectivity index (χ2v) is 3.98. The second-order valence-electron chi connectivity index (χ2n) is 3.98. The third-order valence-electron chi connectivity index (χ3n) is 3.08. The molecule has 1 fully saturated rings. The Kier molecular flexibility index (Phi) is 2.73. The van der Waals surface area contributed by atoms with E-state index in [1.165, 1.54) is 12.8 Å². The fourth-order valence-corrected chi connectivity index (χ4v) is 2.17. The molecule has 0 saturated carbocycles. The first kappa shape index (κ1) is 9.53. The van der Waals surface area contributed by atoms with E-state index in [0.29, 0.717) is 11.8 Å². The van der Waals surface area contributed by atoms with Gasteiger partial charge in [0.1, 0.15) is 5.75 Å². The van der Waals surface area contributed by atoms with Gasteiger partial charge in [-0.05, 0) is 38.9 Å². The van der Waals surface area contributed by atoms with E-state index in [0.717, 1.165) is 18.7 Å². The standard InChI is InChI=1S/C12H17NO/c1-10(13-8-4-5-9-13)11-6-2-3-7-12(11)14/h2-3,6-7,10,14H,4-5,8-9H2,1H3. The molecule has 2 nitrogen and oxygen atoms in total. The molecule has 2 rings (SSSR count). The molecule has 0 amide bonds. The Balaban J connectivity index is 2.17. The molecule has 1 N–H and O–H groups in total. The number of rotatable bonds is 2. The lowest BCUT2D eigenvalue weighted by Crippen LogP contribution is -2.23. The summed E-state index contributed by atoms with van der Waals surface area (Å²) in [5.74, 6) is 0.423. The third kappa shape index (κ3) is 1.75. The van der Waals surface area contributed by atoms with Crippen LogP contribution in [0.5, 0.6) is 5.75 Å². The van der Waals surface area contributed by atoms with Gasteiger partial charge in [0.15, 0.2) is 0 Å². The molecule has 76 valence electrons. The number of likely N-dealkylation sites (tertiary alicyclic amines) is 1. The van der Waals surface area contributed by atoms with Crippen LogP contribution in [0.1, 0.15) is 31.4 Å². The van der Waals surface area contributed by atoms with E-state index >= 15 is 0 Å². The Hall–Kier alpha value is -1.02. The van der Waals surface area contributed by atoms with Crippen molar-refractivity contribution in [3.8, 4) is 5.75 Å². The van der Waals surface area contributed by atoms with Gasteiger partial charge in [-0.3, -0.25) is 4.90 Å². The number of phenolic OH excluding ortho intramolecular Hbond substituents is 1. The lowest BCUT2D eigenvalue weighted by atomic mass is 10.1. The lowest BCUT2D eigenvalue weighted by molar-refractivity contribution is 0.258. The van der Waals surface area contributed by atoms with Crippen molar-refractivity contribution in [3.05, 3.63) is 29.8 Å². The number of hydrogen-bond acceptors (Lipinski definition) is 2. The minimum absolute atomic E-state index is 0.346. The summed E-state index contributed by atoms with van der Waals surface area (Å²) in [4.78, 5) is 2.43. The third-order valence-corrected chi connectivity index (χ3v) is 3.08. The quantitative estimate of drug-likeness (QED) is 0.776. The maximum Gasteiger partial charge on any atom is 0.120 e. The van der Waals surface area contributed by atoms with E-state index < -0.39 is 0 Å². The largest absolute Gasteiger partial charge is 0.508 e. The van der Waals surface area contributed by atoms with Gasteiger partial charge in [-0.25, -0.2) is 0 Å². The number of aromatic hydroxyl groups is 1. The summed E-state index contributed by atoms with van der Waals surface area (Å²) in [6.07, 6.45) is 2.58. The first-order chi connectivity index (χ1) is 6.79. The molecule has 0 spiro atoms. The zero-order valence-electron chi connectivity index (χ0n) is 8.61. The van der Waals surface area contributed by atoms with Gasteiger partial charge in [0.2, 0.25) is 0 Å². The molecule has 0 aromatic heterocycles. The molecule has 1 aliphatic rings. The SMILES string of the molecule is CC(c1ccccc1O)N1CCCC1. The van der Waals surface area contributed by atoms with Gasteiger partial charge >= 0.3 is 0 Å². The van der Waals surface area contributed by atoms with E-state index in [-0.39, 0.29) is 0 Å². The van der Waals surface area contributed by atoms with Crippen LogP contribution in [0, 0.1) is 0 Å². The molecule has 1 aromatic rings. The van der Waals surface area contributed by atoms with Crippen molar-refractivity contribution in [2.24, 2.45) is 0 Å². The number of nitrogens with zero attached hydrogens (tertiary/aromatic N) is 1. The van der Waals surface area contributed by atoms with Crippen LogP contribution < -0.4 is 0 Å². The highest BCUT2D eigenvalue weighted by Gasteiger charge is 2.20. The molecule has 14 heavy (non-hydrogen) atoms. The Morgan fingerprint density at radius 1 is 1.21 bits per heavy atom. The molecular weight excluding hydrogens is 174 g/mol. The fourth-order valence-electron chi connectivity index (χ4n) is 2.17. The Labute approximate surface area is 85.2 Å². The van der Waals surface area contributed by atoms with Gasteiger partial charge in [0.05, 0.1) is 0 Å². The van der Waals surface area contributed by atoms with Crippen molar-refractivity contribution in [3.63, 3.8) is 0 Å². The first-order valence-electron chi connectivity index (χ1n) is 5.31. The zero-order chi connectivity index (χ0) is 9.97. The Morgan fingerprint density at radius 3 is 2.50 bits per heavy atom. The summed E-state index contributed by atoms with van der Waals surface area (Å²) in [5, 5.41) is 9.71. The van der Waals surface area contributed by atoms with Crippen LogP contribution >= 0.6 is 0 Å². The van der Waals surface area contributed by atoms with Crippen molar-refractivity contribution in [1.29, 1.82) is 0 Å². The predicted octanol–water partition coefficient (Wildman–Crippen LogP) is 2.55. The number of benzene rings is 1. The summed E-state index contributed by atoms with van der Waals surface area (Å²) in [7, 11) is 0. The van der Waals surface area contributed by atoms with Crippen LogP contribution in [-0.2, 0) is 0 Å². The molecule has 2 heteroatoms. The van der Waals surface area contributed by atoms with Gasteiger partial charge in [0, 0.05) is 11.6 Å². The van der Waals surface area contributed by atoms with Gasteiger partial charge < -0.3 is 5.11 Å². The Morgan fingerprint density at radius 2 is 1.86 bits per heavy atom. The lowest BCUT2D eigenvalue weighted by Gasteiger charge is -2.24. The molecule has 1 atom stereocenters. The van der Waals surface area contributed by atoms with Crippen LogP contribution in [0.3, 0.4) is 0 Å². The molecule has 1 unspecified atom stereocenters. The van der Waals surface area contributed by atoms with Crippen LogP contribution in [-0.4, -0.2) is 23.1 Å². The van der Waals surface area contributed by atoms with Crippen LogP contribution in [0.2, 0.25) is 0 Å². The summed E-state index contributed by atoms with van der Waals surface area (Å²) in [6.45, 7) is 4.49. The Bertz CT molecular complexity index is 305. The minimum atomic E-state index is 0.346. The maximum atomic E-state index is 9.71. The van der Waals surface area contributed by atoms with Crippen molar-refractivity contribution in [1.82, 2.24) is 4.90 Å². The highest BCUT2D eigenvalue weighted by atomic mass is 16.3. The second kappa shape index (κ2) is 4.01. The van der Waals surface area contributed by atoms with Crippen molar-refractivity contribution < 1.29 is 5.11 Å². The van der Waals surface area contributed by atoms with E-state index in [4.69, 9.17) is 0 Å². The molecule has 1 heterocycles. The first-order valence-corrected chi connectivity index (χ1v) is 5.31. The van der Waals surface area contributed by atoms with E-state index in [1.807, 2.05) is 18.2 Å². The van der Waals surface area contributed by atoms with Crippen LogP contribution in [0.25, 0.3) is 0 Å². The molecule has 1 aromatic carbocycles. The minimum Gasteiger partial charge on any atom is -0.508 e. The number of phenols is 1. The predicted molar refractivity (Wildman–Crippen MR) is 57.3 cm³/mol. The van der Waals surface area contributed by atoms with E-state index in [9.17, 15) is 5.11 Å². The molecule has 0 aliphatic carbocycles. The highest BCUT2D eigenvalue weighted by Crippen LogP contribution is 2.29. The van der Waals surface area contributed by atoms with E-state index in [1.54, 1.807) is 6.07 Å². The average Bonchev–Trinajstić information content (AvgIpc) is 2.70. The summed E-state index contributed by atoms with van der Waals surface area (Å²) < 4.78 is 0. The van der Waals surface area contributed by atoms with Crippen molar-refractivity contribution in [2.75, 3.05) is 13.1 Å². The maximum absolute atomic E-state index is 9.71. The van der Waals surface area contributed by atoms with Gasteiger partial charge in [0.25, 0.3) is 0 Å². The highest BCUT2D eigenvalue weighted by molar-refractivity contribution is 5.34. The topological polar surface area (TPSA) is 23.5 Å². The smallest absolute Gasteiger partial charge is 0.120 e. The molecule has 1 saturated heterocycles. The van der Waals surface area contributed by atoms with Gasteiger partial charge in [-0.15, -0.1) is 0 Å². The van der Waals surface area contributed by atoms with Gasteiger partial charge in [-0.1, -0.05) is 18.2 Å². The normalized spacial score (nSPS) is 19.8.